The van der Waals surface area contributed by atoms with Crippen LogP contribution >= 0.6 is 0 Å². The average Bonchev–Trinajstić information content (AvgIpc) is 3.09. The Hall–Kier alpha value is -2.74. The maximum absolute atomic E-state index is 12.8. The van der Waals surface area contributed by atoms with Crippen molar-refractivity contribution in [3.05, 3.63) is 53.6 Å². The van der Waals surface area contributed by atoms with E-state index in [1.54, 1.807) is 19.2 Å². The zero-order chi connectivity index (χ0) is 22.2. The SMILES string of the molecule is COc1ccc(N2CCC(NC(=O)c3ccc4c(c3)CC(C)N4S(C)(=O)=O)CC2)cc1. The first-order chi connectivity index (χ1) is 14.8. The molecule has 0 bridgehead atoms. The number of benzene rings is 2. The van der Waals surface area contributed by atoms with Crippen LogP contribution < -0.4 is 19.3 Å². The minimum atomic E-state index is -3.33. The van der Waals surface area contributed by atoms with Gasteiger partial charge in [0.25, 0.3) is 5.91 Å². The summed E-state index contributed by atoms with van der Waals surface area (Å²) in [5, 5.41) is 3.15. The molecule has 1 N–H and O–H groups in total. The van der Waals surface area contributed by atoms with Crippen molar-refractivity contribution in [2.45, 2.75) is 38.3 Å². The number of piperidine rings is 1. The summed E-state index contributed by atoms with van der Waals surface area (Å²) < 4.78 is 30.8. The Morgan fingerprint density at radius 3 is 2.39 bits per heavy atom. The molecule has 1 atom stereocenters. The Morgan fingerprint density at radius 1 is 1.10 bits per heavy atom. The molecular formula is C23H29N3O4S. The third-order valence-electron chi connectivity index (χ3n) is 6.12. The number of carbonyl (C=O) groups excluding carboxylic acids is 1. The molecular weight excluding hydrogens is 414 g/mol. The summed E-state index contributed by atoms with van der Waals surface area (Å²) in [5.74, 6) is 0.741. The van der Waals surface area contributed by atoms with E-state index in [9.17, 15) is 13.2 Å². The van der Waals surface area contributed by atoms with Gasteiger partial charge in [-0.15, -0.1) is 0 Å². The molecule has 166 valence electrons. The summed E-state index contributed by atoms with van der Waals surface area (Å²) in [6, 6.07) is 13.3. The van der Waals surface area contributed by atoms with E-state index in [0.717, 1.165) is 42.9 Å². The number of sulfonamides is 1. The van der Waals surface area contributed by atoms with Gasteiger partial charge >= 0.3 is 0 Å². The molecule has 2 aliphatic rings. The van der Waals surface area contributed by atoms with E-state index in [2.05, 4.69) is 22.3 Å². The lowest BCUT2D eigenvalue weighted by Crippen LogP contribution is -2.44. The molecule has 2 aromatic carbocycles. The summed E-state index contributed by atoms with van der Waals surface area (Å²) in [4.78, 5) is 15.1. The molecule has 2 heterocycles. The predicted octanol–water partition coefficient (Wildman–Crippen LogP) is 2.80. The highest BCUT2D eigenvalue weighted by Gasteiger charge is 2.33. The number of rotatable bonds is 5. The Kier molecular flexibility index (Phi) is 5.83. The smallest absolute Gasteiger partial charge is 0.251 e. The van der Waals surface area contributed by atoms with Crippen LogP contribution in [0.2, 0.25) is 0 Å². The van der Waals surface area contributed by atoms with Crippen LogP contribution in [-0.4, -0.2) is 52.9 Å². The number of ether oxygens (including phenoxy) is 1. The number of carbonyl (C=O) groups is 1. The van der Waals surface area contributed by atoms with Crippen LogP contribution in [-0.2, 0) is 16.4 Å². The standard InChI is InChI=1S/C23H29N3O4S/c1-16-14-18-15-17(4-9-22(18)26(16)31(3,28)29)23(27)24-19-10-12-25(13-11-19)20-5-7-21(30-2)8-6-20/h4-9,15-16,19H,10-14H2,1-3H3,(H,24,27). The number of methoxy groups -OCH3 is 1. The lowest BCUT2D eigenvalue weighted by molar-refractivity contribution is 0.0931. The molecule has 31 heavy (non-hydrogen) atoms. The van der Waals surface area contributed by atoms with Crippen molar-refractivity contribution in [3.8, 4) is 5.75 Å². The summed E-state index contributed by atoms with van der Waals surface area (Å²) >= 11 is 0. The van der Waals surface area contributed by atoms with E-state index in [0.29, 0.717) is 17.7 Å². The van der Waals surface area contributed by atoms with Gasteiger partial charge in [-0.3, -0.25) is 9.10 Å². The highest BCUT2D eigenvalue weighted by atomic mass is 32.2. The highest BCUT2D eigenvalue weighted by Crippen LogP contribution is 2.34. The largest absolute Gasteiger partial charge is 0.497 e. The molecule has 0 saturated carbocycles. The van der Waals surface area contributed by atoms with Gasteiger partial charge in [-0.05, 0) is 74.2 Å². The van der Waals surface area contributed by atoms with Gasteiger partial charge in [-0.1, -0.05) is 0 Å². The van der Waals surface area contributed by atoms with E-state index in [1.807, 2.05) is 25.1 Å². The lowest BCUT2D eigenvalue weighted by atomic mass is 10.0. The van der Waals surface area contributed by atoms with Crippen LogP contribution in [0, 0.1) is 0 Å². The average molecular weight is 444 g/mol. The first kappa shape index (κ1) is 21.5. The second kappa shape index (κ2) is 8.42. The minimum absolute atomic E-state index is 0.101. The number of fused-ring (bicyclic) bond motifs is 1. The fourth-order valence-electron chi connectivity index (χ4n) is 4.59. The van der Waals surface area contributed by atoms with Gasteiger partial charge in [-0.25, -0.2) is 8.42 Å². The number of nitrogens with zero attached hydrogens (tertiary/aromatic N) is 2. The predicted molar refractivity (Wildman–Crippen MR) is 123 cm³/mol. The maximum atomic E-state index is 12.8. The monoisotopic (exact) mass is 443 g/mol. The third kappa shape index (κ3) is 4.49. The Balaban J connectivity index is 1.37. The maximum Gasteiger partial charge on any atom is 0.251 e. The number of hydrogen-bond donors (Lipinski definition) is 1. The van der Waals surface area contributed by atoms with E-state index in [-0.39, 0.29) is 18.0 Å². The molecule has 0 aliphatic carbocycles. The molecule has 8 heteroatoms. The molecule has 7 nitrogen and oxygen atoms in total. The summed E-state index contributed by atoms with van der Waals surface area (Å²) in [5.41, 5.74) is 3.33. The molecule has 1 amide bonds. The normalized spacial score (nSPS) is 19.3. The summed E-state index contributed by atoms with van der Waals surface area (Å²) in [7, 11) is -1.67. The second-order valence-electron chi connectivity index (χ2n) is 8.39. The van der Waals surface area contributed by atoms with Gasteiger partial charge in [0.1, 0.15) is 5.75 Å². The van der Waals surface area contributed by atoms with Crippen molar-refractivity contribution in [1.82, 2.24) is 5.32 Å². The van der Waals surface area contributed by atoms with Gasteiger partial charge in [0, 0.05) is 36.4 Å². The molecule has 0 aromatic heterocycles. The third-order valence-corrected chi connectivity index (χ3v) is 7.39. The first-order valence-corrected chi connectivity index (χ1v) is 12.4. The van der Waals surface area contributed by atoms with E-state index in [4.69, 9.17) is 4.74 Å². The van der Waals surface area contributed by atoms with Gasteiger partial charge in [0.05, 0.1) is 19.1 Å². The number of anilines is 2. The second-order valence-corrected chi connectivity index (χ2v) is 10.2. The zero-order valence-corrected chi connectivity index (χ0v) is 19.0. The first-order valence-electron chi connectivity index (χ1n) is 10.6. The summed E-state index contributed by atoms with van der Waals surface area (Å²) in [6.45, 7) is 3.64. The molecule has 4 rings (SSSR count). The van der Waals surface area contributed by atoms with Crippen LogP contribution in [0.25, 0.3) is 0 Å². The molecule has 1 unspecified atom stereocenters. The van der Waals surface area contributed by atoms with Gasteiger partial charge < -0.3 is 15.0 Å². The quantitative estimate of drug-likeness (QED) is 0.769. The van der Waals surface area contributed by atoms with Crippen molar-refractivity contribution in [2.24, 2.45) is 0 Å². The van der Waals surface area contributed by atoms with Gasteiger partial charge in [-0.2, -0.15) is 0 Å². The van der Waals surface area contributed by atoms with Crippen LogP contribution in [0.4, 0.5) is 11.4 Å². The molecule has 0 radical (unpaired) electrons. The Labute approximate surface area is 184 Å². The van der Waals surface area contributed by atoms with Crippen LogP contribution in [0.1, 0.15) is 35.7 Å². The van der Waals surface area contributed by atoms with Crippen LogP contribution in [0.5, 0.6) is 5.75 Å². The van der Waals surface area contributed by atoms with Crippen molar-refractivity contribution >= 4 is 27.3 Å². The van der Waals surface area contributed by atoms with Crippen molar-refractivity contribution in [3.63, 3.8) is 0 Å². The molecule has 1 saturated heterocycles. The fraction of sp³-hybridized carbons (Fsp3) is 0.435. The zero-order valence-electron chi connectivity index (χ0n) is 18.2. The van der Waals surface area contributed by atoms with Crippen molar-refractivity contribution in [1.29, 1.82) is 0 Å². The Bertz CT molecular complexity index is 1060. The van der Waals surface area contributed by atoms with Gasteiger partial charge in [0.2, 0.25) is 10.0 Å². The van der Waals surface area contributed by atoms with Crippen molar-refractivity contribution in [2.75, 3.05) is 35.7 Å². The van der Waals surface area contributed by atoms with Crippen LogP contribution in [0.3, 0.4) is 0 Å². The molecule has 1 fully saturated rings. The number of amides is 1. The van der Waals surface area contributed by atoms with E-state index >= 15 is 0 Å². The minimum Gasteiger partial charge on any atom is -0.497 e. The molecule has 2 aromatic rings. The molecule has 2 aliphatic heterocycles. The lowest BCUT2D eigenvalue weighted by Gasteiger charge is -2.34. The van der Waals surface area contributed by atoms with Crippen LogP contribution in [0.15, 0.2) is 42.5 Å². The van der Waals surface area contributed by atoms with E-state index < -0.39 is 10.0 Å². The topological polar surface area (TPSA) is 79.0 Å². The van der Waals surface area contributed by atoms with E-state index in [1.165, 1.54) is 10.6 Å². The Morgan fingerprint density at radius 2 is 1.77 bits per heavy atom. The molecule has 0 spiro atoms. The highest BCUT2D eigenvalue weighted by molar-refractivity contribution is 7.92. The fourth-order valence-corrected chi connectivity index (χ4v) is 5.86. The van der Waals surface area contributed by atoms with Crippen molar-refractivity contribution < 1.29 is 17.9 Å². The summed E-state index contributed by atoms with van der Waals surface area (Å²) in [6.07, 6.45) is 3.59. The van der Waals surface area contributed by atoms with Gasteiger partial charge in [0.15, 0.2) is 0 Å². The number of hydrogen-bond acceptors (Lipinski definition) is 5. The number of nitrogens with one attached hydrogen (secondary N) is 1.